The molecule has 4 aromatic rings. The minimum absolute atomic E-state index is 0.0411. The van der Waals surface area contributed by atoms with Crippen molar-refractivity contribution in [1.82, 2.24) is 15.2 Å². The third kappa shape index (κ3) is 8.69. The molecule has 0 unspecified atom stereocenters. The van der Waals surface area contributed by atoms with E-state index in [2.05, 4.69) is 28.8 Å². The van der Waals surface area contributed by atoms with E-state index in [-0.39, 0.29) is 18.0 Å². The Morgan fingerprint density at radius 1 is 0.809 bits per heavy atom. The SMILES string of the molecule is CC(C)(C)OC(=O)NC(=N)c1ccc2cc(C(=O)OC3CCC(NC(=O)OC(C)(C)C)CC3)n(Cc3cccc4ccccc34)c2c1. The first-order valence-electron chi connectivity index (χ1n) is 16.0. The predicted molar refractivity (Wildman–Crippen MR) is 182 cm³/mol. The van der Waals surface area contributed by atoms with Gasteiger partial charge in [0, 0.05) is 29.1 Å². The Balaban J connectivity index is 1.39. The first kappa shape index (κ1) is 33.5. The summed E-state index contributed by atoms with van der Waals surface area (Å²) in [5.74, 6) is -0.548. The topological polar surface area (TPSA) is 132 Å². The van der Waals surface area contributed by atoms with Gasteiger partial charge < -0.3 is 24.1 Å². The van der Waals surface area contributed by atoms with E-state index in [1.807, 2.05) is 61.7 Å². The minimum Gasteiger partial charge on any atom is -0.458 e. The van der Waals surface area contributed by atoms with Crippen molar-refractivity contribution in [1.29, 1.82) is 5.41 Å². The summed E-state index contributed by atoms with van der Waals surface area (Å²) in [7, 11) is 0. The van der Waals surface area contributed by atoms with Crippen LogP contribution in [0.25, 0.3) is 21.7 Å². The van der Waals surface area contributed by atoms with Crippen molar-refractivity contribution >= 4 is 45.7 Å². The molecular formula is C37H44N4O6. The van der Waals surface area contributed by atoms with Gasteiger partial charge >= 0.3 is 18.2 Å². The van der Waals surface area contributed by atoms with E-state index in [9.17, 15) is 14.4 Å². The van der Waals surface area contributed by atoms with Crippen molar-refractivity contribution in [3.63, 3.8) is 0 Å². The number of carbonyl (C=O) groups excluding carboxylic acids is 3. The number of hydrogen-bond acceptors (Lipinski definition) is 7. The number of rotatable bonds is 6. The van der Waals surface area contributed by atoms with Gasteiger partial charge in [-0.3, -0.25) is 10.7 Å². The van der Waals surface area contributed by atoms with E-state index >= 15 is 0 Å². The van der Waals surface area contributed by atoms with Gasteiger partial charge in [0.15, 0.2) is 0 Å². The lowest BCUT2D eigenvalue weighted by molar-refractivity contribution is 0.0152. The highest BCUT2D eigenvalue weighted by Crippen LogP contribution is 2.28. The van der Waals surface area contributed by atoms with Crippen LogP contribution in [0.2, 0.25) is 0 Å². The van der Waals surface area contributed by atoms with Gasteiger partial charge in [0.1, 0.15) is 28.8 Å². The van der Waals surface area contributed by atoms with Crippen molar-refractivity contribution < 1.29 is 28.6 Å². The maximum absolute atomic E-state index is 13.8. The lowest BCUT2D eigenvalue weighted by Crippen LogP contribution is -2.42. The second-order valence-electron chi connectivity index (χ2n) is 14.1. The Hall–Kier alpha value is -4.86. The molecule has 47 heavy (non-hydrogen) atoms. The van der Waals surface area contributed by atoms with Gasteiger partial charge in [0.25, 0.3) is 0 Å². The van der Waals surface area contributed by atoms with E-state index in [0.29, 0.717) is 43.5 Å². The summed E-state index contributed by atoms with van der Waals surface area (Å²) < 4.78 is 18.7. The molecule has 0 spiro atoms. The second kappa shape index (κ2) is 13.5. The van der Waals surface area contributed by atoms with E-state index in [4.69, 9.17) is 19.6 Å². The normalized spacial score (nSPS) is 16.8. The molecule has 0 atom stereocenters. The number of carbonyl (C=O) groups is 3. The van der Waals surface area contributed by atoms with Gasteiger partial charge in [-0.25, -0.2) is 14.4 Å². The molecule has 248 valence electrons. The lowest BCUT2D eigenvalue weighted by Gasteiger charge is -2.30. The van der Waals surface area contributed by atoms with Crippen molar-refractivity contribution in [3.8, 4) is 0 Å². The van der Waals surface area contributed by atoms with Crippen LogP contribution in [0.3, 0.4) is 0 Å². The molecule has 0 bridgehead atoms. The van der Waals surface area contributed by atoms with Crippen molar-refractivity contribution in [2.45, 2.75) is 97.1 Å². The molecule has 1 fully saturated rings. The van der Waals surface area contributed by atoms with Crippen LogP contribution in [0.1, 0.15) is 88.8 Å². The lowest BCUT2D eigenvalue weighted by atomic mass is 9.93. The smallest absolute Gasteiger partial charge is 0.413 e. The molecule has 5 rings (SSSR count). The number of esters is 1. The summed E-state index contributed by atoms with van der Waals surface area (Å²) in [6.07, 6.45) is 1.14. The fourth-order valence-electron chi connectivity index (χ4n) is 5.84. The quantitative estimate of drug-likeness (QED) is 0.0857. The Labute approximate surface area is 275 Å². The maximum atomic E-state index is 13.8. The Morgan fingerprint density at radius 3 is 2.17 bits per heavy atom. The fourth-order valence-corrected chi connectivity index (χ4v) is 5.84. The van der Waals surface area contributed by atoms with Crippen LogP contribution in [0.4, 0.5) is 9.59 Å². The van der Waals surface area contributed by atoms with Crippen LogP contribution in [-0.2, 0) is 20.8 Å². The van der Waals surface area contributed by atoms with Crippen molar-refractivity contribution in [2.75, 3.05) is 0 Å². The van der Waals surface area contributed by atoms with Gasteiger partial charge in [-0.15, -0.1) is 0 Å². The van der Waals surface area contributed by atoms with Crippen LogP contribution in [0.5, 0.6) is 0 Å². The summed E-state index contributed by atoms with van der Waals surface area (Å²) in [5.41, 5.74) is 1.34. The highest BCUT2D eigenvalue weighted by atomic mass is 16.6. The van der Waals surface area contributed by atoms with Gasteiger partial charge in [0.05, 0.1) is 0 Å². The molecule has 10 nitrogen and oxygen atoms in total. The summed E-state index contributed by atoms with van der Waals surface area (Å²) >= 11 is 0. The number of nitrogens with one attached hydrogen (secondary N) is 3. The summed E-state index contributed by atoms with van der Waals surface area (Å²) in [4.78, 5) is 38.4. The van der Waals surface area contributed by atoms with Gasteiger partial charge in [0.2, 0.25) is 0 Å². The van der Waals surface area contributed by atoms with E-state index in [1.54, 1.807) is 32.9 Å². The molecule has 0 radical (unpaired) electrons. The van der Waals surface area contributed by atoms with Crippen LogP contribution in [-0.4, -0.2) is 51.9 Å². The van der Waals surface area contributed by atoms with Crippen LogP contribution in [0.15, 0.2) is 66.7 Å². The summed E-state index contributed by atoms with van der Waals surface area (Å²) in [6, 6.07) is 21.3. The number of hydrogen-bond donors (Lipinski definition) is 3. The molecule has 1 aliphatic rings. The molecule has 1 saturated carbocycles. The molecule has 3 aromatic carbocycles. The zero-order chi connectivity index (χ0) is 33.9. The third-order valence-corrected chi connectivity index (χ3v) is 7.91. The van der Waals surface area contributed by atoms with E-state index < -0.39 is 29.4 Å². The molecule has 1 aliphatic carbocycles. The molecule has 0 aliphatic heterocycles. The molecular weight excluding hydrogens is 596 g/mol. The standard InChI is InChI=1S/C37H44N4O6/c1-36(2,3)46-34(43)39-27-16-18-28(19-17-27)45-33(42)31-20-24-14-15-25(32(38)40-35(44)47-37(4,5)6)21-30(24)41(31)22-26-12-9-11-23-10-7-8-13-29(23)26/h7-15,20-21,27-28H,16-19,22H2,1-6H3,(H,39,43)(H2,38,40,44). The average Bonchev–Trinajstić information content (AvgIpc) is 3.34. The van der Waals surface area contributed by atoms with Crippen molar-refractivity contribution in [3.05, 3.63) is 83.6 Å². The highest BCUT2D eigenvalue weighted by Gasteiger charge is 2.28. The number of aromatic nitrogens is 1. The van der Waals surface area contributed by atoms with Crippen LogP contribution < -0.4 is 10.6 Å². The zero-order valence-corrected chi connectivity index (χ0v) is 27.9. The van der Waals surface area contributed by atoms with E-state index in [0.717, 1.165) is 27.2 Å². The van der Waals surface area contributed by atoms with E-state index in [1.165, 1.54) is 0 Å². The molecule has 1 heterocycles. The number of amides is 2. The molecule has 10 heteroatoms. The number of alkyl carbamates (subject to hydrolysis) is 2. The number of benzene rings is 3. The Morgan fingerprint density at radius 2 is 1.47 bits per heavy atom. The fraction of sp³-hybridized carbons (Fsp3) is 0.405. The zero-order valence-electron chi connectivity index (χ0n) is 27.9. The van der Waals surface area contributed by atoms with Crippen molar-refractivity contribution in [2.24, 2.45) is 0 Å². The molecule has 0 saturated heterocycles. The monoisotopic (exact) mass is 640 g/mol. The Kier molecular flexibility index (Phi) is 9.60. The maximum Gasteiger partial charge on any atom is 0.413 e. The summed E-state index contributed by atoms with van der Waals surface area (Å²) in [6.45, 7) is 11.1. The molecule has 2 amide bonds. The minimum atomic E-state index is -0.714. The number of nitrogens with zero attached hydrogens (tertiary/aromatic N) is 1. The molecule has 3 N–H and O–H groups in total. The second-order valence-corrected chi connectivity index (χ2v) is 14.1. The number of ether oxygens (including phenoxy) is 3. The first-order chi connectivity index (χ1) is 22.1. The van der Waals surface area contributed by atoms with Gasteiger partial charge in [-0.2, -0.15) is 0 Å². The molecule has 1 aromatic heterocycles. The summed E-state index contributed by atoms with van der Waals surface area (Å²) in [5, 5.41) is 17.0. The Bertz CT molecular complexity index is 1800. The van der Waals surface area contributed by atoms with Crippen LogP contribution >= 0.6 is 0 Å². The largest absolute Gasteiger partial charge is 0.458 e. The number of fused-ring (bicyclic) bond motifs is 2. The van der Waals surface area contributed by atoms with Gasteiger partial charge in [-0.1, -0.05) is 54.6 Å². The highest BCUT2D eigenvalue weighted by molar-refractivity contribution is 6.07. The predicted octanol–water partition coefficient (Wildman–Crippen LogP) is 7.69. The average molecular weight is 641 g/mol. The van der Waals surface area contributed by atoms with Gasteiger partial charge in [-0.05, 0) is 95.7 Å². The van der Waals surface area contributed by atoms with Crippen LogP contribution in [0, 0.1) is 5.41 Å². The number of amidine groups is 1. The first-order valence-corrected chi connectivity index (χ1v) is 16.0. The third-order valence-electron chi connectivity index (χ3n) is 7.91.